The van der Waals surface area contributed by atoms with Crippen LogP contribution in [0.1, 0.15) is 24.0 Å². The smallest absolute Gasteiger partial charge is 0.217 e. The molecule has 0 unspecified atom stereocenters. The number of aromatic nitrogens is 1. The van der Waals surface area contributed by atoms with Crippen molar-refractivity contribution < 1.29 is 4.74 Å². The van der Waals surface area contributed by atoms with E-state index in [1.165, 1.54) is 0 Å². The molecular weight excluding hydrogens is 473 g/mol. The summed E-state index contributed by atoms with van der Waals surface area (Å²) in [5.74, 6) is 1.62. The fraction of sp³-hybridized carbons (Fsp3) is 0.389. The number of pyridine rings is 1. The second-order valence-electron chi connectivity index (χ2n) is 6.23. The van der Waals surface area contributed by atoms with E-state index in [0.717, 1.165) is 37.5 Å². The first-order valence-electron chi connectivity index (χ1n) is 8.25. The number of halogens is 6. The van der Waals surface area contributed by atoms with Crippen molar-refractivity contribution in [3.63, 3.8) is 0 Å². The van der Waals surface area contributed by atoms with E-state index >= 15 is 0 Å². The van der Waals surface area contributed by atoms with Gasteiger partial charge in [0.2, 0.25) is 7.59 Å². The molecule has 0 N–H and O–H groups in total. The van der Waals surface area contributed by atoms with Crippen molar-refractivity contribution in [2.24, 2.45) is 0 Å². The zero-order valence-corrected chi connectivity index (χ0v) is 18.6. The highest BCUT2D eigenvalue weighted by Crippen LogP contribution is 2.39. The third-order valence-corrected chi connectivity index (χ3v) is 5.63. The minimum absolute atomic E-state index is 0.125. The molecule has 0 amide bonds. The Balaban J connectivity index is 1.54. The summed E-state index contributed by atoms with van der Waals surface area (Å²) in [6.45, 7) is 1.66. The van der Waals surface area contributed by atoms with Crippen LogP contribution < -0.4 is 9.64 Å². The zero-order valence-electron chi connectivity index (χ0n) is 14.0. The van der Waals surface area contributed by atoms with E-state index < -0.39 is 7.59 Å². The Hall–Kier alpha value is -0.290. The van der Waals surface area contributed by atoms with Crippen molar-refractivity contribution in [3.8, 4) is 5.75 Å². The highest BCUT2D eigenvalue weighted by Gasteiger charge is 2.26. The lowest BCUT2D eigenvalue weighted by molar-refractivity contribution is 0.170. The first kappa shape index (κ1) is 21.4. The lowest BCUT2D eigenvalue weighted by Gasteiger charge is -2.33. The summed E-state index contributed by atoms with van der Waals surface area (Å²) in [5, 5.41) is 0. The van der Waals surface area contributed by atoms with E-state index in [1.54, 1.807) is 24.4 Å². The fourth-order valence-electron chi connectivity index (χ4n) is 2.86. The van der Waals surface area contributed by atoms with Gasteiger partial charge < -0.3 is 9.64 Å². The van der Waals surface area contributed by atoms with Crippen LogP contribution in [0.3, 0.4) is 0 Å². The lowest BCUT2D eigenvalue weighted by atomic mass is 10.1. The Kier molecular flexibility index (Phi) is 6.83. The van der Waals surface area contributed by atoms with Crippen molar-refractivity contribution in [1.29, 1.82) is 0 Å². The van der Waals surface area contributed by atoms with E-state index in [4.69, 9.17) is 74.3 Å². The van der Waals surface area contributed by atoms with Gasteiger partial charge in [0.15, 0.2) is 0 Å². The van der Waals surface area contributed by atoms with Gasteiger partial charge in [0.25, 0.3) is 0 Å². The summed E-state index contributed by atoms with van der Waals surface area (Å²) in [6, 6.07) is 10.8. The molecule has 1 aliphatic rings. The molecule has 0 atom stereocenters. The van der Waals surface area contributed by atoms with Gasteiger partial charge in [-0.1, -0.05) is 81.7 Å². The predicted octanol–water partition coefficient (Wildman–Crippen LogP) is 6.78. The van der Waals surface area contributed by atoms with Crippen molar-refractivity contribution in [2.45, 2.75) is 26.5 Å². The van der Waals surface area contributed by atoms with Gasteiger partial charge in [-0.25, -0.2) is 4.98 Å². The van der Waals surface area contributed by atoms with Gasteiger partial charge in [-0.05, 0) is 24.3 Å². The summed E-state index contributed by atoms with van der Waals surface area (Å²) < 4.78 is 3.15. The molecule has 1 aromatic heterocycles. The normalized spacial score (nSPS) is 16.4. The zero-order chi connectivity index (χ0) is 19.7. The van der Waals surface area contributed by atoms with E-state index in [2.05, 4.69) is 9.88 Å². The summed E-state index contributed by atoms with van der Waals surface area (Å²) in [4.78, 5) is 6.59. The van der Waals surface area contributed by atoms with E-state index in [-0.39, 0.29) is 6.10 Å². The summed E-state index contributed by atoms with van der Waals surface area (Å²) in [6.07, 6.45) is 3.47. The number of hydrogen-bond donors (Lipinski definition) is 0. The fourth-order valence-corrected chi connectivity index (χ4v) is 3.57. The Bertz CT molecular complexity index is 747. The minimum atomic E-state index is -1.46. The Morgan fingerprint density at radius 1 is 0.815 bits per heavy atom. The molecule has 3 nitrogen and oxygen atoms in total. The monoisotopic (exact) mass is 486 g/mol. The summed E-state index contributed by atoms with van der Waals surface area (Å²) in [5.41, 5.74) is 1.16. The summed E-state index contributed by atoms with van der Waals surface area (Å²) >= 11 is 35.2. The highest BCUT2D eigenvalue weighted by atomic mass is 35.6. The molecular formula is C18H16Cl6N2O. The SMILES string of the molecule is ClC(Cl)(Cl)c1ccc(OC2CCN(c3ccc(C(Cl)(Cl)Cl)cn3)CC2)cc1. The van der Waals surface area contributed by atoms with Gasteiger partial charge in [0.1, 0.15) is 17.7 Å². The maximum absolute atomic E-state index is 6.04. The number of alkyl halides is 6. The molecule has 0 saturated carbocycles. The molecule has 1 fully saturated rings. The van der Waals surface area contributed by atoms with Gasteiger partial charge in [-0.15, -0.1) is 0 Å². The van der Waals surface area contributed by atoms with Gasteiger partial charge >= 0.3 is 0 Å². The molecule has 1 aliphatic heterocycles. The van der Waals surface area contributed by atoms with Gasteiger partial charge in [-0.2, -0.15) is 0 Å². The second kappa shape index (κ2) is 8.61. The van der Waals surface area contributed by atoms with Crippen LogP contribution in [0.2, 0.25) is 0 Å². The van der Waals surface area contributed by atoms with Crippen LogP contribution in [-0.2, 0) is 7.59 Å². The molecule has 0 spiro atoms. The molecule has 0 aliphatic carbocycles. The molecule has 9 heteroatoms. The Morgan fingerprint density at radius 3 is 1.85 bits per heavy atom. The van der Waals surface area contributed by atoms with Crippen molar-refractivity contribution in [1.82, 2.24) is 4.98 Å². The van der Waals surface area contributed by atoms with E-state index in [9.17, 15) is 0 Å². The summed E-state index contributed by atoms with van der Waals surface area (Å²) in [7, 11) is 0. The molecule has 2 aromatic rings. The first-order valence-corrected chi connectivity index (χ1v) is 10.5. The van der Waals surface area contributed by atoms with Crippen LogP contribution in [0.15, 0.2) is 42.6 Å². The van der Waals surface area contributed by atoms with Crippen LogP contribution in [0.25, 0.3) is 0 Å². The standard InChI is InChI=1S/C18H16Cl6N2O/c19-17(20,21)12-1-4-14(5-2-12)27-15-7-9-26(10-8-15)16-6-3-13(11-25-16)18(22,23)24/h1-6,11,15H,7-10H2. The predicted molar refractivity (Wildman–Crippen MR) is 115 cm³/mol. The maximum atomic E-state index is 6.04. The molecule has 146 valence electrons. The molecule has 1 saturated heterocycles. The lowest BCUT2D eigenvalue weighted by Crippen LogP contribution is -2.38. The minimum Gasteiger partial charge on any atom is -0.490 e. The van der Waals surface area contributed by atoms with Crippen LogP contribution >= 0.6 is 69.6 Å². The average Bonchev–Trinajstić information content (AvgIpc) is 2.61. The second-order valence-corrected chi connectivity index (χ2v) is 10.8. The highest BCUT2D eigenvalue weighted by molar-refractivity contribution is 6.67. The number of ether oxygens (including phenoxy) is 1. The third-order valence-electron chi connectivity index (χ3n) is 4.33. The molecule has 0 radical (unpaired) electrons. The van der Waals surface area contributed by atoms with Crippen molar-refractivity contribution in [3.05, 3.63) is 53.7 Å². The average molecular weight is 489 g/mol. The molecule has 0 bridgehead atoms. The van der Waals surface area contributed by atoms with Crippen molar-refractivity contribution >= 4 is 75.4 Å². The van der Waals surface area contributed by atoms with Gasteiger partial charge in [-0.3, -0.25) is 0 Å². The third kappa shape index (κ3) is 5.85. The van der Waals surface area contributed by atoms with Crippen LogP contribution in [0.4, 0.5) is 5.82 Å². The number of benzene rings is 1. The Morgan fingerprint density at radius 2 is 1.37 bits per heavy atom. The van der Waals surface area contributed by atoms with Crippen LogP contribution in [0, 0.1) is 0 Å². The molecule has 2 heterocycles. The quantitative estimate of drug-likeness (QED) is 0.445. The van der Waals surface area contributed by atoms with Gasteiger partial charge in [0, 0.05) is 43.3 Å². The van der Waals surface area contributed by atoms with Crippen LogP contribution in [-0.4, -0.2) is 24.2 Å². The largest absolute Gasteiger partial charge is 0.490 e. The number of hydrogen-bond acceptors (Lipinski definition) is 3. The molecule has 3 rings (SSSR count). The topological polar surface area (TPSA) is 25.4 Å². The number of anilines is 1. The number of piperidine rings is 1. The first-order chi connectivity index (χ1) is 12.6. The Labute approximate surface area is 188 Å². The molecule has 27 heavy (non-hydrogen) atoms. The number of nitrogens with zero attached hydrogens (tertiary/aromatic N) is 2. The maximum Gasteiger partial charge on any atom is 0.217 e. The van der Waals surface area contributed by atoms with E-state index in [0.29, 0.717) is 11.1 Å². The molecule has 1 aromatic carbocycles. The number of rotatable bonds is 3. The van der Waals surface area contributed by atoms with Crippen molar-refractivity contribution in [2.75, 3.05) is 18.0 Å². The van der Waals surface area contributed by atoms with Gasteiger partial charge in [0.05, 0.1) is 0 Å². The van der Waals surface area contributed by atoms with Crippen LogP contribution in [0.5, 0.6) is 5.75 Å². The van der Waals surface area contributed by atoms with E-state index in [1.807, 2.05) is 18.2 Å².